The molecular formula is C15H16N4O2. The number of nitrogens with one attached hydrogen (secondary N) is 2. The number of pyridine rings is 1. The number of nitrogen functional groups attached to an aromatic ring is 1. The normalized spacial score (nSPS) is 9.95. The molecule has 2 amide bonds. The molecule has 1 aromatic heterocycles. The number of carbonyl (C=O) groups excluding carboxylic acids is 2. The van der Waals surface area contributed by atoms with Crippen LogP contribution in [0.1, 0.15) is 16.1 Å². The lowest BCUT2D eigenvalue weighted by Crippen LogP contribution is -2.18. The fourth-order valence-electron chi connectivity index (χ4n) is 1.76. The highest BCUT2D eigenvalue weighted by Crippen LogP contribution is 2.10. The number of rotatable bonds is 4. The Balaban J connectivity index is 1.96. The number of hydrogen-bond acceptors (Lipinski definition) is 4. The van der Waals surface area contributed by atoms with E-state index in [4.69, 9.17) is 5.73 Å². The minimum atomic E-state index is -0.181. The summed E-state index contributed by atoms with van der Waals surface area (Å²) in [5, 5.41) is 5.28. The molecule has 0 aliphatic rings. The molecule has 1 aromatic carbocycles. The monoisotopic (exact) mass is 284 g/mol. The van der Waals surface area contributed by atoms with Gasteiger partial charge < -0.3 is 16.4 Å². The Morgan fingerprint density at radius 1 is 1.14 bits per heavy atom. The molecule has 6 nitrogen and oxygen atoms in total. The minimum Gasteiger partial charge on any atom is -0.397 e. The van der Waals surface area contributed by atoms with Crippen molar-refractivity contribution in [3.05, 3.63) is 53.9 Å². The van der Waals surface area contributed by atoms with Crippen LogP contribution in [0.15, 0.2) is 42.6 Å². The summed E-state index contributed by atoms with van der Waals surface area (Å²) in [4.78, 5) is 27.3. The summed E-state index contributed by atoms with van der Waals surface area (Å²) in [5.41, 5.74) is 7.90. The van der Waals surface area contributed by atoms with Crippen molar-refractivity contribution >= 4 is 23.2 Å². The van der Waals surface area contributed by atoms with Gasteiger partial charge in [-0.3, -0.25) is 14.6 Å². The van der Waals surface area contributed by atoms with Gasteiger partial charge in [-0.15, -0.1) is 0 Å². The molecule has 0 fully saturated rings. The maximum atomic E-state index is 11.9. The molecule has 1 heterocycles. The van der Waals surface area contributed by atoms with Crippen molar-refractivity contribution in [1.82, 2.24) is 10.3 Å². The molecule has 0 bridgehead atoms. The van der Waals surface area contributed by atoms with Crippen LogP contribution in [0.5, 0.6) is 0 Å². The zero-order chi connectivity index (χ0) is 15.2. The van der Waals surface area contributed by atoms with Gasteiger partial charge in [0, 0.05) is 24.0 Å². The molecule has 0 spiro atoms. The summed E-state index contributed by atoms with van der Waals surface area (Å²) in [5.74, 6) is -0.348. The molecule has 0 radical (unpaired) electrons. The second kappa shape index (κ2) is 6.51. The summed E-state index contributed by atoms with van der Waals surface area (Å²) >= 11 is 0. The molecule has 0 unspecified atom stereocenters. The second-order valence-electron chi connectivity index (χ2n) is 4.46. The van der Waals surface area contributed by atoms with Gasteiger partial charge in [-0.25, -0.2) is 0 Å². The summed E-state index contributed by atoms with van der Waals surface area (Å²) in [6, 6.07) is 10.1. The maximum absolute atomic E-state index is 11.9. The highest BCUT2D eigenvalue weighted by atomic mass is 16.2. The van der Waals surface area contributed by atoms with E-state index in [0.717, 1.165) is 0 Å². The van der Waals surface area contributed by atoms with Gasteiger partial charge in [0.05, 0.1) is 18.3 Å². The van der Waals surface area contributed by atoms with Gasteiger partial charge >= 0.3 is 0 Å². The molecule has 0 saturated heterocycles. The average Bonchev–Trinajstić information content (AvgIpc) is 2.49. The predicted molar refractivity (Wildman–Crippen MR) is 80.8 cm³/mol. The van der Waals surface area contributed by atoms with Gasteiger partial charge in [0.25, 0.3) is 5.91 Å². The fraction of sp³-hybridized carbons (Fsp3) is 0.133. The third-order valence-corrected chi connectivity index (χ3v) is 2.85. The first-order chi connectivity index (χ1) is 10.1. The van der Waals surface area contributed by atoms with Crippen LogP contribution in [0, 0.1) is 0 Å². The SMILES string of the molecule is CNC(=O)c1ccc(NC(=O)Cc2ccc(N)cn2)cc1. The molecule has 0 aliphatic heterocycles. The standard InChI is InChI=1S/C15H16N4O2/c1-17-15(21)10-2-5-12(6-3-10)19-14(20)8-13-7-4-11(16)9-18-13/h2-7,9H,8,16H2,1H3,(H,17,21)(H,19,20). The van der Waals surface area contributed by atoms with E-state index >= 15 is 0 Å². The summed E-state index contributed by atoms with van der Waals surface area (Å²) in [6.45, 7) is 0. The van der Waals surface area contributed by atoms with Crippen LogP contribution in [-0.4, -0.2) is 23.8 Å². The van der Waals surface area contributed by atoms with Crippen LogP contribution >= 0.6 is 0 Å². The van der Waals surface area contributed by atoms with Crippen molar-refractivity contribution in [1.29, 1.82) is 0 Å². The van der Waals surface area contributed by atoms with Crippen molar-refractivity contribution in [2.24, 2.45) is 0 Å². The quantitative estimate of drug-likeness (QED) is 0.786. The van der Waals surface area contributed by atoms with Gasteiger partial charge in [-0.1, -0.05) is 0 Å². The highest BCUT2D eigenvalue weighted by Gasteiger charge is 2.06. The number of nitrogens with two attached hydrogens (primary N) is 1. The Morgan fingerprint density at radius 2 is 1.86 bits per heavy atom. The van der Waals surface area contributed by atoms with Gasteiger partial charge in [-0.05, 0) is 36.4 Å². The summed E-state index contributed by atoms with van der Waals surface area (Å²) in [6.07, 6.45) is 1.68. The first kappa shape index (κ1) is 14.5. The number of amides is 2. The lowest BCUT2D eigenvalue weighted by Gasteiger charge is -2.06. The number of aromatic nitrogens is 1. The van der Waals surface area contributed by atoms with Gasteiger partial charge in [0.1, 0.15) is 0 Å². The van der Waals surface area contributed by atoms with E-state index in [2.05, 4.69) is 15.6 Å². The van der Waals surface area contributed by atoms with Crippen LogP contribution in [0.3, 0.4) is 0 Å². The van der Waals surface area contributed by atoms with E-state index in [1.54, 1.807) is 43.4 Å². The Labute approximate surface area is 122 Å². The molecule has 2 aromatic rings. The van der Waals surface area contributed by atoms with Crippen LogP contribution in [0.4, 0.5) is 11.4 Å². The molecule has 108 valence electrons. The Morgan fingerprint density at radius 3 is 2.43 bits per heavy atom. The molecular weight excluding hydrogens is 268 g/mol. The Kier molecular flexibility index (Phi) is 4.50. The molecule has 4 N–H and O–H groups in total. The van der Waals surface area contributed by atoms with Crippen molar-refractivity contribution in [3.63, 3.8) is 0 Å². The highest BCUT2D eigenvalue weighted by molar-refractivity contribution is 5.95. The van der Waals surface area contributed by atoms with Gasteiger partial charge in [0.2, 0.25) is 5.91 Å². The molecule has 2 rings (SSSR count). The van der Waals surface area contributed by atoms with E-state index in [1.165, 1.54) is 6.20 Å². The average molecular weight is 284 g/mol. The van der Waals surface area contributed by atoms with Gasteiger partial charge in [0.15, 0.2) is 0 Å². The largest absolute Gasteiger partial charge is 0.397 e. The van der Waals surface area contributed by atoms with Crippen molar-refractivity contribution in [2.45, 2.75) is 6.42 Å². The maximum Gasteiger partial charge on any atom is 0.251 e. The zero-order valence-electron chi connectivity index (χ0n) is 11.6. The summed E-state index contributed by atoms with van der Waals surface area (Å²) in [7, 11) is 1.57. The Hall–Kier alpha value is -2.89. The van der Waals surface area contributed by atoms with E-state index in [-0.39, 0.29) is 18.2 Å². The third kappa shape index (κ3) is 4.04. The smallest absolute Gasteiger partial charge is 0.251 e. The molecule has 0 atom stereocenters. The van der Waals surface area contributed by atoms with Crippen LogP contribution in [-0.2, 0) is 11.2 Å². The lowest BCUT2D eigenvalue weighted by atomic mass is 10.2. The first-order valence-corrected chi connectivity index (χ1v) is 6.41. The predicted octanol–water partition coefficient (Wildman–Crippen LogP) is 1.20. The van der Waals surface area contributed by atoms with Gasteiger partial charge in [-0.2, -0.15) is 0 Å². The number of hydrogen-bond donors (Lipinski definition) is 3. The first-order valence-electron chi connectivity index (χ1n) is 6.41. The zero-order valence-corrected chi connectivity index (χ0v) is 11.6. The van der Waals surface area contributed by atoms with E-state index in [1.807, 2.05) is 0 Å². The number of nitrogens with zero attached hydrogens (tertiary/aromatic N) is 1. The van der Waals surface area contributed by atoms with Crippen molar-refractivity contribution in [2.75, 3.05) is 18.1 Å². The number of anilines is 2. The Bertz CT molecular complexity index is 636. The molecule has 6 heteroatoms. The van der Waals surface area contributed by atoms with Crippen LogP contribution in [0.2, 0.25) is 0 Å². The molecule has 21 heavy (non-hydrogen) atoms. The third-order valence-electron chi connectivity index (χ3n) is 2.85. The number of benzene rings is 1. The van der Waals surface area contributed by atoms with Crippen molar-refractivity contribution < 1.29 is 9.59 Å². The minimum absolute atomic E-state index is 0.164. The molecule has 0 aliphatic carbocycles. The second-order valence-corrected chi connectivity index (χ2v) is 4.46. The fourth-order valence-corrected chi connectivity index (χ4v) is 1.76. The summed E-state index contributed by atoms with van der Waals surface area (Å²) < 4.78 is 0. The number of carbonyl (C=O) groups is 2. The lowest BCUT2D eigenvalue weighted by molar-refractivity contribution is -0.115. The van der Waals surface area contributed by atoms with E-state index < -0.39 is 0 Å². The van der Waals surface area contributed by atoms with E-state index in [9.17, 15) is 9.59 Å². The van der Waals surface area contributed by atoms with Crippen LogP contribution in [0.25, 0.3) is 0 Å². The van der Waals surface area contributed by atoms with E-state index in [0.29, 0.717) is 22.6 Å². The van der Waals surface area contributed by atoms with Crippen LogP contribution < -0.4 is 16.4 Å². The topological polar surface area (TPSA) is 97.1 Å². The molecule has 0 saturated carbocycles. The van der Waals surface area contributed by atoms with Crippen molar-refractivity contribution in [3.8, 4) is 0 Å².